The summed E-state index contributed by atoms with van der Waals surface area (Å²) in [6.45, 7) is 2.16. The van der Waals surface area contributed by atoms with E-state index < -0.39 is 11.7 Å². The maximum atomic E-state index is 12.9. The first-order chi connectivity index (χ1) is 15.6. The lowest BCUT2D eigenvalue weighted by atomic mass is 9.86. The van der Waals surface area contributed by atoms with Crippen molar-refractivity contribution in [1.82, 2.24) is 5.32 Å². The molecule has 4 nitrogen and oxygen atoms in total. The highest BCUT2D eigenvalue weighted by atomic mass is 32.2. The zero-order chi connectivity index (χ0) is 23.8. The van der Waals surface area contributed by atoms with Gasteiger partial charge in [-0.15, -0.1) is 0 Å². The minimum atomic E-state index is -4.40. The van der Waals surface area contributed by atoms with Crippen LogP contribution in [0, 0.1) is 5.92 Å². The van der Waals surface area contributed by atoms with E-state index in [1.165, 1.54) is 35.2 Å². The standard InChI is InChI=1S/C25H25F3N2O2S/c1-15-5-3-4-6-19(15)29-23(31)17-9-12-21-20(14-17)30(2)24(32)22(33-21)13-16-7-10-18(11-8-16)25(26,27)28/h7-15,19H,3-6H2,1-2H3,(H,29,31)/b22-13-/t15-,19-/m0/s1. The molecule has 8 heteroatoms. The fourth-order valence-electron chi connectivity index (χ4n) is 4.24. The molecule has 1 aliphatic heterocycles. The summed E-state index contributed by atoms with van der Waals surface area (Å²) in [5, 5.41) is 3.13. The maximum absolute atomic E-state index is 12.9. The summed E-state index contributed by atoms with van der Waals surface area (Å²) in [6.07, 6.45) is 1.57. The second-order valence-corrected chi connectivity index (χ2v) is 9.70. The normalized spacial score (nSPS) is 22.3. The van der Waals surface area contributed by atoms with Crippen LogP contribution in [0.4, 0.5) is 18.9 Å². The van der Waals surface area contributed by atoms with Crippen molar-refractivity contribution in [3.63, 3.8) is 0 Å². The lowest BCUT2D eigenvalue weighted by Gasteiger charge is -2.30. The number of alkyl halides is 3. The molecule has 0 radical (unpaired) electrons. The summed E-state index contributed by atoms with van der Waals surface area (Å²) in [6, 6.07) is 10.1. The Morgan fingerprint density at radius 2 is 1.82 bits per heavy atom. The molecule has 0 saturated heterocycles. The number of anilines is 1. The number of thioether (sulfide) groups is 1. The quantitative estimate of drug-likeness (QED) is 0.545. The van der Waals surface area contributed by atoms with Crippen LogP contribution in [0.3, 0.4) is 0 Å². The van der Waals surface area contributed by atoms with E-state index in [9.17, 15) is 22.8 Å². The molecule has 2 aromatic carbocycles. The summed E-state index contributed by atoms with van der Waals surface area (Å²) in [5.41, 5.74) is 0.914. The second-order valence-electron chi connectivity index (χ2n) is 8.62. The topological polar surface area (TPSA) is 49.4 Å². The molecule has 1 N–H and O–H groups in total. The molecule has 174 valence electrons. The number of hydrogen-bond donors (Lipinski definition) is 1. The molecule has 1 heterocycles. The molecule has 1 aliphatic carbocycles. The fraction of sp³-hybridized carbons (Fsp3) is 0.360. The average Bonchev–Trinajstić information content (AvgIpc) is 2.78. The van der Waals surface area contributed by atoms with Crippen LogP contribution in [0.1, 0.15) is 54.1 Å². The van der Waals surface area contributed by atoms with Gasteiger partial charge >= 0.3 is 6.18 Å². The predicted molar refractivity (Wildman–Crippen MR) is 124 cm³/mol. The highest BCUT2D eigenvalue weighted by molar-refractivity contribution is 8.04. The maximum Gasteiger partial charge on any atom is 0.416 e. The van der Waals surface area contributed by atoms with Gasteiger partial charge in [0.05, 0.1) is 16.2 Å². The Labute approximate surface area is 195 Å². The third-order valence-corrected chi connectivity index (χ3v) is 7.36. The van der Waals surface area contributed by atoms with Crippen molar-refractivity contribution < 1.29 is 22.8 Å². The lowest BCUT2D eigenvalue weighted by molar-refractivity contribution is -0.137. The Hall–Kier alpha value is -2.74. The Kier molecular flexibility index (Phi) is 6.56. The first kappa shape index (κ1) is 23.4. The van der Waals surface area contributed by atoms with Gasteiger partial charge in [0.1, 0.15) is 0 Å². The fourth-order valence-corrected chi connectivity index (χ4v) is 5.33. The monoisotopic (exact) mass is 474 g/mol. The highest BCUT2D eigenvalue weighted by Gasteiger charge is 2.31. The number of carbonyl (C=O) groups excluding carboxylic acids is 2. The number of fused-ring (bicyclic) bond motifs is 1. The number of nitrogens with zero attached hydrogens (tertiary/aromatic N) is 1. The molecule has 2 amide bonds. The van der Waals surface area contributed by atoms with Gasteiger partial charge in [-0.05, 0) is 60.7 Å². The van der Waals surface area contributed by atoms with Crippen LogP contribution in [-0.2, 0) is 11.0 Å². The molecular formula is C25H25F3N2O2S. The number of rotatable bonds is 3. The first-order valence-electron chi connectivity index (χ1n) is 10.9. The van der Waals surface area contributed by atoms with Crippen LogP contribution in [0.15, 0.2) is 52.3 Å². The molecule has 33 heavy (non-hydrogen) atoms. The number of amides is 2. The van der Waals surface area contributed by atoms with Crippen LogP contribution >= 0.6 is 11.8 Å². The van der Waals surface area contributed by atoms with Crippen molar-refractivity contribution >= 4 is 35.3 Å². The van der Waals surface area contributed by atoms with Gasteiger partial charge in [0.25, 0.3) is 11.8 Å². The van der Waals surface area contributed by atoms with Crippen LogP contribution in [0.2, 0.25) is 0 Å². The first-order valence-corrected chi connectivity index (χ1v) is 11.7. The van der Waals surface area contributed by atoms with Crippen molar-refractivity contribution in [2.24, 2.45) is 5.92 Å². The van der Waals surface area contributed by atoms with Gasteiger partial charge in [-0.25, -0.2) is 0 Å². The number of likely N-dealkylation sites (N-methyl/N-ethyl adjacent to an activating group) is 1. The minimum Gasteiger partial charge on any atom is -0.349 e. The second kappa shape index (κ2) is 9.25. The van der Waals surface area contributed by atoms with Crippen molar-refractivity contribution in [2.45, 2.75) is 49.7 Å². The van der Waals surface area contributed by atoms with Crippen molar-refractivity contribution in [3.05, 3.63) is 64.1 Å². The van der Waals surface area contributed by atoms with Crippen molar-refractivity contribution in [1.29, 1.82) is 0 Å². The van der Waals surface area contributed by atoms with Gasteiger partial charge in [0.2, 0.25) is 0 Å². The van der Waals surface area contributed by atoms with E-state index in [1.807, 2.05) is 6.07 Å². The Morgan fingerprint density at radius 3 is 2.48 bits per heavy atom. The molecule has 0 aromatic heterocycles. The number of hydrogen-bond acceptors (Lipinski definition) is 3. The number of carbonyl (C=O) groups is 2. The zero-order valence-corrected chi connectivity index (χ0v) is 19.2. The van der Waals surface area contributed by atoms with Gasteiger partial charge < -0.3 is 10.2 Å². The summed E-state index contributed by atoms with van der Waals surface area (Å²) >= 11 is 1.25. The molecule has 1 saturated carbocycles. The van der Waals surface area contributed by atoms with Crippen LogP contribution in [-0.4, -0.2) is 24.9 Å². The van der Waals surface area contributed by atoms with Gasteiger partial charge in [-0.2, -0.15) is 13.2 Å². The zero-order valence-electron chi connectivity index (χ0n) is 18.4. The van der Waals surface area contributed by atoms with Gasteiger partial charge in [-0.3, -0.25) is 9.59 Å². The van der Waals surface area contributed by atoms with Crippen molar-refractivity contribution in [3.8, 4) is 0 Å². The van der Waals surface area contributed by atoms with Crippen LogP contribution in [0.25, 0.3) is 6.08 Å². The Bertz CT molecular complexity index is 1100. The highest BCUT2D eigenvalue weighted by Crippen LogP contribution is 2.42. The third-order valence-electron chi connectivity index (χ3n) is 6.28. The summed E-state index contributed by atoms with van der Waals surface area (Å²) in [7, 11) is 1.63. The van der Waals surface area contributed by atoms with Gasteiger partial charge in [0.15, 0.2) is 0 Å². The van der Waals surface area contributed by atoms with E-state index in [0.717, 1.165) is 36.3 Å². The molecule has 2 aliphatic rings. The van der Waals surface area contributed by atoms with E-state index >= 15 is 0 Å². The van der Waals surface area contributed by atoms with Crippen molar-refractivity contribution in [2.75, 3.05) is 11.9 Å². The summed E-state index contributed by atoms with van der Waals surface area (Å²) < 4.78 is 38.4. The smallest absolute Gasteiger partial charge is 0.349 e. The average molecular weight is 475 g/mol. The van der Waals surface area contributed by atoms with E-state index in [1.54, 1.807) is 25.3 Å². The summed E-state index contributed by atoms with van der Waals surface area (Å²) in [5.74, 6) is 0.0254. The van der Waals surface area contributed by atoms with E-state index in [2.05, 4.69) is 12.2 Å². The lowest BCUT2D eigenvalue weighted by Crippen LogP contribution is -2.41. The van der Waals surface area contributed by atoms with Gasteiger partial charge in [-0.1, -0.05) is 43.7 Å². The van der Waals surface area contributed by atoms with E-state index in [4.69, 9.17) is 0 Å². The summed E-state index contributed by atoms with van der Waals surface area (Å²) in [4.78, 5) is 28.4. The number of halogens is 3. The molecule has 0 unspecified atom stereocenters. The molecule has 1 fully saturated rings. The molecule has 2 atom stereocenters. The molecule has 2 aromatic rings. The largest absolute Gasteiger partial charge is 0.416 e. The third kappa shape index (κ3) is 5.11. The van der Waals surface area contributed by atoms with Gasteiger partial charge in [0, 0.05) is 23.5 Å². The molecule has 0 spiro atoms. The van der Waals surface area contributed by atoms with Crippen LogP contribution < -0.4 is 10.2 Å². The Balaban J connectivity index is 1.53. The molecular weight excluding hydrogens is 449 g/mol. The Morgan fingerprint density at radius 1 is 1.12 bits per heavy atom. The van der Waals surface area contributed by atoms with E-state index in [-0.39, 0.29) is 17.9 Å². The van der Waals surface area contributed by atoms with E-state index in [0.29, 0.717) is 27.6 Å². The minimum absolute atomic E-state index is 0.145. The molecule has 4 rings (SSSR count). The number of benzene rings is 2. The SMILES string of the molecule is C[C@H]1CCCC[C@@H]1NC(=O)c1ccc2c(c1)N(C)C(=O)/C(=C/c1ccc(C(F)(F)F)cc1)S2. The predicted octanol–water partition coefficient (Wildman–Crippen LogP) is 6.12. The molecule has 0 bridgehead atoms. The number of nitrogens with one attached hydrogen (secondary N) is 1. The van der Waals surface area contributed by atoms with Crippen LogP contribution in [0.5, 0.6) is 0 Å².